The van der Waals surface area contributed by atoms with Crippen molar-refractivity contribution >= 4 is 11.9 Å². The van der Waals surface area contributed by atoms with Gasteiger partial charge in [-0.05, 0) is 31.9 Å². The smallest absolute Gasteiger partial charge is 0.315 e. The first-order valence-electron chi connectivity index (χ1n) is 7.13. The van der Waals surface area contributed by atoms with Crippen molar-refractivity contribution < 1.29 is 18.4 Å². The van der Waals surface area contributed by atoms with Gasteiger partial charge in [0, 0.05) is 25.2 Å². The summed E-state index contributed by atoms with van der Waals surface area (Å²) < 4.78 is 27.1. The van der Waals surface area contributed by atoms with Crippen molar-refractivity contribution in [3.05, 3.63) is 35.4 Å². The van der Waals surface area contributed by atoms with E-state index in [1.807, 2.05) is 0 Å². The average Bonchev–Trinajstić information content (AvgIpc) is 2.75. The number of nitrogens with zero attached hydrogens (tertiary/aromatic N) is 1. The topological polar surface area (TPSA) is 61.4 Å². The number of hydrogen-bond acceptors (Lipinski definition) is 2. The number of hydrogen-bond donors (Lipinski definition) is 2. The molecule has 1 aromatic rings. The highest BCUT2D eigenvalue weighted by molar-refractivity contribution is 5.88. The molecule has 1 saturated heterocycles. The zero-order valence-electron chi connectivity index (χ0n) is 12.5. The van der Waals surface area contributed by atoms with Crippen LogP contribution in [0.15, 0.2) is 18.2 Å². The molecule has 3 amide bonds. The maximum Gasteiger partial charge on any atom is 0.315 e. The number of carbonyl (C=O) groups excluding carboxylic acids is 2. The molecule has 22 heavy (non-hydrogen) atoms. The number of nitrogens with one attached hydrogen (secondary N) is 2. The van der Waals surface area contributed by atoms with Crippen molar-refractivity contribution in [3.63, 3.8) is 0 Å². The molecule has 0 unspecified atom stereocenters. The molecule has 0 spiro atoms. The quantitative estimate of drug-likeness (QED) is 0.883. The first kappa shape index (κ1) is 16.2. The molecule has 0 aliphatic carbocycles. The van der Waals surface area contributed by atoms with Crippen molar-refractivity contribution in [3.8, 4) is 0 Å². The van der Waals surface area contributed by atoms with Crippen molar-refractivity contribution in [1.29, 1.82) is 0 Å². The fourth-order valence-electron chi connectivity index (χ4n) is 2.46. The lowest BCUT2D eigenvalue weighted by Crippen LogP contribution is -2.48. The van der Waals surface area contributed by atoms with Gasteiger partial charge in [0.15, 0.2) is 0 Å². The fourth-order valence-corrected chi connectivity index (χ4v) is 2.46. The van der Waals surface area contributed by atoms with Crippen LogP contribution < -0.4 is 10.6 Å². The third-order valence-electron chi connectivity index (χ3n) is 3.68. The van der Waals surface area contributed by atoms with E-state index in [9.17, 15) is 18.4 Å². The molecule has 120 valence electrons. The molecule has 0 bridgehead atoms. The molecule has 2 N–H and O–H groups in total. The van der Waals surface area contributed by atoms with Gasteiger partial charge in [-0.3, -0.25) is 4.79 Å². The van der Waals surface area contributed by atoms with Crippen LogP contribution in [-0.4, -0.2) is 42.5 Å². The van der Waals surface area contributed by atoms with E-state index in [4.69, 9.17) is 0 Å². The Morgan fingerprint density at radius 1 is 1.41 bits per heavy atom. The van der Waals surface area contributed by atoms with Gasteiger partial charge in [0.25, 0.3) is 0 Å². The molecule has 0 aromatic heterocycles. The molecule has 7 heteroatoms. The van der Waals surface area contributed by atoms with Crippen LogP contribution in [0, 0.1) is 11.6 Å². The molecule has 2 rings (SSSR count). The van der Waals surface area contributed by atoms with Gasteiger partial charge >= 0.3 is 6.03 Å². The first-order chi connectivity index (χ1) is 10.4. The van der Waals surface area contributed by atoms with Gasteiger partial charge in [-0.1, -0.05) is 6.07 Å². The van der Waals surface area contributed by atoms with Crippen LogP contribution >= 0.6 is 0 Å². The molecule has 1 aliphatic rings. The SMILES string of the molecule is C[C@H](Cc1c(F)cccc1F)NC(=O)N[C@H]1CCN(C)C1=O. The van der Waals surface area contributed by atoms with E-state index in [1.165, 1.54) is 18.2 Å². The largest absolute Gasteiger partial charge is 0.344 e. The van der Waals surface area contributed by atoms with E-state index >= 15 is 0 Å². The molecule has 1 fully saturated rings. The average molecular weight is 311 g/mol. The van der Waals surface area contributed by atoms with Crippen LogP contribution in [0.3, 0.4) is 0 Å². The van der Waals surface area contributed by atoms with Crippen molar-refractivity contribution in [2.24, 2.45) is 0 Å². The predicted octanol–water partition coefficient (Wildman–Crippen LogP) is 1.43. The molecule has 1 heterocycles. The Labute approximate surface area is 127 Å². The Morgan fingerprint density at radius 3 is 2.59 bits per heavy atom. The first-order valence-corrected chi connectivity index (χ1v) is 7.13. The molecule has 5 nitrogen and oxygen atoms in total. The van der Waals surface area contributed by atoms with Gasteiger partial charge in [0.2, 0.25) is 5.91 Å². The van der Waals surface area contributed by atoms with Gasteiger partial charge in [0.1, 0.15) is 17.7 Å². The van der Waals surface area contributed by atoms with Crippen LogP contribution in [-0.2, 0) is 11.2 Å². The summed E-state index contributed by atoms with van der Waals surface area (Å²) in [6.45, 7) is 2.24. The number of urea groups is 1. The van der Waals surface area contributed by atoms with Crippen LogP contribution in [0.4, 0.5) is 13.6 Å². The molecular formula is C15H19F2N3O2. The summed E-state index contributed by atoms with van der Waals surface area (Å²) in [6.07, 6.45) is 0.587. The third kappa shape index (κ3) is 3.72. The number of carbonyl (C=O) groups is 2. The summed E-state index contributed by atoms with van der Waals surface area (Å²) in [5.41, 5.74) is -0.0630. The number of likely N-dealkylation sites (tertiary alicyclic amines) is 1. The predicted molar refractivity (Wildman–Crippen MR) is 77.2 cm³/mol. The van der Waals surface area contributed by atoms with Crippen molar-refractivity contribution in [2.75, 3.05) is 13.6 Å². The second-order valence-electron chi connectivity index (χ2n) is 5.52. The second-order valence-corrected chi connectivity index (χ2v) is 5.52. The Balaban J connectivity index is 1.88. The highest BCUT2D eigenvalue weighted by Gasteiger charge is 2.30. The molecule has 1 aromatic carbocycles. The zero-order chi connectivity index (χ0) is 16.3. The Hall–Kier alpha value is -2.18. The monoisotopic (exact) mass is 311 g/mol. The molecule has 0 saturated carbocycles. The Kier molecular flexibility index (Phi) is 4.95. The maximum atomic E-state index is 13.6. The molecule has 0 radical (unpaired) electrons. The number of amides is 3. The van der Waals surface area contributed by atoms with Gasteiger partial charge in [-0.25, -0.2) is 13.6 Å². The number of rotatable bonds is 4. The molecule has 2 atom stereocenters. The number of likely N-dealkylation sites (N-methyl/N-ethyl adjacent to an activating group) is 1. The minimum absolute atomic E-state index is 0.0322. The van der Waals surface area contributed by atoms with Crippen LogP contribution in [0.1, 0.15) is 18.9 Å². The number of halogens is 2. The summed E-state index contributed by atoms with van der Waals surface area (Å²) in [5, 5.41) is 5.17. The summed E-state index contributed by atoms with van der Waals surface area (Å²) in [7, 11) is 1.67. The minimum atomic E-state index is -0.637. The van der Waals surface area contributed by atoms with E-state index in [0.29, 0.717) is 13.0 Å². The van der Waals surface area contributed by atoms with Gasteiger partial charge in [-0.15, -0.1) is 0 Å². The highest BCUT2D eigenvalue weighted by Crippen LogP contribution is 2.14. The standard InChI is InChI=1S/C15H19F2N3O2/c1-9(8-10-11(16)4-3-5-12(10)17)18-15(22)19-13-6-7-20(2)14(13)21/h3-5,9,13H,6-8H2,1-2H3,(H2,18,19,22)/t9-,13+/m1/s1. The molecule has 1 aliphatic heterocycles. The lowest BCUT2D eigenvalue weighted by molar-refractivity contribution is -0.128. The highest BCUT2D eigenvalue weighted by atomic mass is 19.1. The minimum Gasteiger partial charge on any atom is -0.344 e. The van der Waals surface area contributed by atoms with E-state index in [0.717, 1.165) is 0 Å². The van der Waals surface area contributed by atoms with Gasteiger partial charge < -0.3 is 15.5 Å². The van der Waals surface area contributed by atoms with Crippen LogP contribution in [0.5, 0.6) is 0 Å². The lowest BCUT2D eigenvalue weighted by Gasteiger charge is -2.17. The summed E-state index contributed by atoms with van der Waals surface area (Å²) in [5.74, 6) is -1.41. The van der Waals surface area contributed by atoms with Crippen molar-refractivity contribution in [1.82, 2.24) is 15.5 Å². The van der Waals surface area contributed by atoms with E-state index in [-0.39, 0.29) is 17.9 Å². The Bertz CT molecular complexity index is 560. The number of benzene rings is 1. The van der Waals surface area contributed by atoms with Gasteiger partial charge in [0.05, 0.1) is 0 Å². The summed E-state index contributed by atoms with van der Waals surface area (Å²) >= 11 is 0. The molecular weight excluding hydrogens is 292 g/mol. The second kappa shape index (κ2) is 6.72. The normalized spacial score (nSPS) is 19.2. The third-order valence-corrected chi connectivity index (χ3v) is 3.68. The fraction of sp³-hybridized carbons (Fsp3) is 0.467. The van der Waals surface area contributed by atoms with Crippen LogP contribution in [0.25, 0.3) is 0 Å². The zero-order valence-corrected chi connectivity index (χ0v) is 12.5. The Morgan fingerprint density at radius 2 is 2.05 bits per heavy atom. The van der Waals surface area contributed by atoms with E-state index in [1.54, 1.807) is 18.9 Å². The van der Waals surface area contributed by atoms with Crippen molar-refractivity contribution in [2.45, 2.75) is 31.8 Å². The van der Waals surface area contributed by atoms with Crippen LogP contribution in [0.2, 0.25) is 0 Å². The summed E-state index contributed by atoms with van der Waals surface area (Å²) in [6, 6.07) is 2.12. The lowest BCUT2D eigenvalue weighted by atomic mass is 10.1. The maximum absolute atomic E-state index is 13.6. The van der Waals surface area contributed by atoms with E-state index < -0.39 is 29.7 Å². The summed E-state index contributed by atoms with van der Waals surface area (Å²) in [4.78, 5) is 25.1. The van der Waals surface area contributed by atoms with Gasteiger partial charge in [-0.2, -0.15) is 0 Å². The van der Waals surface area contributed by atoms with E-state index in [2.05, 4.69) is 10.6 Å².